The molecule has 0 radical (unpaired) electrons. The number of benzene rings is 1. The molecule has 0 bridgehead atoms. The number of hydrogen-bond acceptors (Lipinski definition) is 6. The van der Waals surface area contributed by atoms with Gasteiger partial charge in [-0.3, -0.25) is 14.9 Å². The van der Waals surface area contributed by atoms with Crippen molar-refractivity contribution in [1.82, 2.24) is 4.98 Å². The van der Waals surface area contributed by atoms with Crippen molar-refractivity contribution in [3.05, 3.63) is 49.4 Å². The standard InChI is InChI=1S/C12H11ClN4O3S/c1-6(14)12-16-10(5-21-12)11(18)15-9-4-7(17(19)20)2-3-8(9)13/h2-6H,14H2,1H3,(H,15,18). The van der Waals surface area contributed by atoms with E-state index in [4.69, 9.17) is 17.3 Å². The van der Waals surface area contributed by atoms with Gasteiger partial charge in [-0.05, 0) is 13.0 Å². The molecule has 0 aliphatic heterocycles. The first kappa shape index (κ1) is 15.4. The minimum Gasteiger partial charge on any atom is -0.322 e. The van der Waals surface area contributed by atoms with Gasteiger partial charge in [-0.15, -0.1) is 11.3 Å². The summed E-state index contributed by atoms with van der Waals surface area (Å²) in [4.78, 5) is 26.3. The SMILES string of the molecule is CC(N)c1nc(C(=O)Nc2cc([N+](=O)[O-])ccc2Cl)cs1. The van der Waals surface area contributed by atoms with E-state index in [-0.39, 0.29) is 28.1 Å². The van der Waals surface area contributed by atoms with E-state index in [1.807, 2.05) is 0 Å². The first-order valence-electron chi connectivity index (χ1n) is 5.84. The Morgan fingerprint density at radius 2 is 2.29 bits per heavy atom. The van der Waals surface area contributed by atoms with E-state index < -0.39 is 10.8 Å². The number of carbonyl (C=O) groups excluding carboxylic acids is 1. The molecule has 1 heterocycles. The van der Waals surface area contributed by atoms with Gasteiger partial charge in [-0.1, -0.05) is 11.6 Å². The highest BCUT2D eigenvalue weighted by molar-refractivity contribution is 7.09. The fourth-order valence-corrected chi connectivity index (χ4v) is 2.43. The quantitative estimate of drug-likeness (QED) is 0.662. The third-order valence-electron chi connectivity index (χ3n) is 2.55. The van der Waals surface area contributed by atoms with Crippen molar-refractivity contribution >= 4 is 40.2 Å². The van der Waals surface area contributed by atoms with Gasteiger partial charge >= 0.3 is 0 Å². The fourth-order valence-electron chi connectivity index (χ4n) is 1.51. The van der Waals surface area contributed by atoms with E-state index in [1.165, 1.54) is 29.5 Å². The Labute approximate surface area is 128 Å². The zero-order valence-electron chi connectivity index (χ0n) is 10.9. The molecule has 0 fully saturated rings. The van der Waals surface area contributed by atoms with E-state index in [0.29, 0.717) is 5.01 Å². The van der Waals surface area contributed by atoms with Gasteiger partial charge < -0.3 is 11.1 Å². The molecule has 9 heteroatoms. The Balaban J connectivity index is 2.22. The first-order valence-corrected chi connectivity index (χ1v) is 7.10. The number of aromatic nitrogens is 1. The van der Waals surface area contributed by atoms with Crippen molar-refractivity contribution in [2.45, 2.75) is 13.0 Å². The summed E-state index contributed by atoms with van der Waals surface area (Å²) >= 11 is 7.18. The molecule has 2 rings (SSSR count). The monoisotopic (exact) mass is 326 g/mol. The zero-order chi connectivity index (χ0) is 15.6. The topological polar surface area (TPSA) is 111 Å². The van der Waals surface area contributed by atoms with Gasteiger partial charge in [0.25, 0.3) is 11.6 Å². The predicted molar refractivity (Wildman–Crippen MR) is 80.8 cm³/mol. The third-order valence-corrected chi connectivity index (χ3v) is 3.93. The summed E-state index contributed by atoms with van der Waals surface area (Å²) in [5.41, 5.74) is 5.86. The van der Waals surface area contributed by atoms with Gasteiger partial charge in [0, 0.05) is 17.5 Å². The number of halogens is 1. The van der Waals surface area contributed by atoms with Crippen LogP contribution in [0.3, 0.4) is 0 Å². The second-order valence-electron chi connectivity index (χ2n) is 4.24. The van der Waals surface area contributed by atoms with Crippen molar-refractivity contribution in [3.63, 3.8) is 0 Å². The maximum absolute atomic E-state index is 12.0. The Kier molecular flexibility index (Phi) is 4.51. The molecule has 1 atom stereocenters. The number of thiazole rings is 1. The van der Waals surface area contributed by atoms with Crippen LogP contribution in [0, 0.1) is 10.1 Å². The van der Waals surface area contributed by atoms with Gasteiger partial charge in [0.1, 0.15) is 10.7 Å². The Hall–Kier alpha value is -2.03. The van der Waals surface area contributed by atoms with Crippen molar-refractivity contribution in [3.8, 4) is 0 Å². The van der Waals surface area contributed by atoms with E-state index >= 15 is 0 Å². The predicted octanol–water partition coefficient (Wildman–Crippen LogP) is 2.98. The molecule has 7 nitrogen and oxygen atoms in total. The number of rotatable bonds is 4. The lowest BCUT2D eigenvalue weighted by Gasteiger charge is -2.05. The molecule has 0 spiro atoms. The molecule has 3 N–H and O–H groups in total. The van der Waals surface area contributed by atoms with Crippen molar-refractivity contribution in [2.24, 2.45) is 5.73 Å². The highest BCUT2D eigenvalue weighted by Crippen LogP contribution is 2.27. The normalized spacial score (nSPS) is 12.0. The number of nitrogens with two attached hydrogens (primary N) is 1. The number of carbonyl (C=O) groups is 1. The van der Waals surface area contributed by atoms with E-state index in [2.05, 4.69) is 10.3 Å². The van der Waals surface area contributed by atoms with Crippen LogP contribution in [-0.4, -0.2) is 15.8 Å². The average Bonchev–Trinajstić information content (AvgIpc) is 2.90. The average molecular weight is 327 g/mol. The van der Waals surface area contributed by atoms with Crippen LogP contribution < -0.4 is 11.1 Å². The molecule has 0 saturated carbocycles. The minimum atomic E-state index is -0.566. The molecule has 2 aromatic rings. The van der Waals surface area contributed by atoms with Crippen LogP contribution in [0.25, 0.3) is 0 Å². The number of anilines is 1. The van der Waals surface area contributed by atoms with Gasteiger partial charge in [-0.2, -0.15) is 0 Å². The van der Waals surface area contributed by atoms with Gasteiger partial charge in [0.15, 0.2) is 0 Å². The smallest absolute Gasteiger partial charge is 0.275 e. The van der Waals surface area contributed by atoms with Crippen LogP contribution in [0.2, 0.25) is 5.02 Å². The number of nitrogens with one attached hydrogen (secondary N) is 1. The lowest BCUT2D eigenvalue weighted by Crippen LogP contribution is -2.13. The third kappa shape index (κ3) is 3.54. The molecular formula is C12H11ClN4O3S. The van der Waals surface area contributed by atoms with Crippen LogP contribution in [0.15, 0.2) is 23.6 Å². The molecule has 1 aromatic heterocycles. The van der Waals surface area contributed by atoms with Crippen LogP contribution in [0.5, 0.6) is 0 Å². The molecule has 1 unspecified atom stereocenters. The van der Waals surface area contributed by atoms with Crippen molar-refractivity contribution in [2.75, 3.05) is 5.32 Å². The van der Waals surface area contributed by atoms with Crippen molar-refractivity contribution in [1.29, 1.82) is 0 Å². The summed E-state index contributed by atoms with van der Waals surface area (Å²) in [6, 6.07) is 3.54. The van der Waals surface area contributed by atoms with Gasteiger partial charge in [-0.25, -0.2) is 4.98 Å². The van der Waals surface area contributed by atoms with E-state index in [1.54, 1.807) is 12.3 Å². The second-order valence-corrected chi connectivity index (χ2v) is 5.53. The second kappa shape index (κ2) is 6.17. The molecule has 1 aromatic carbocycles. The summed E-state index contributed by atoms with van der Waals surface area (Å²) in [7, 11) is 0. The van der Waals surface area contributed by atoms with E-state index in [9.17, 15) is 14.9 Å². The highest BCUT2D eigenvalue weighted by atomic mass is 35.5. The number of nitrogens with zero attached hydrogens (tertiary/aromatic N) is 2. The summed E-state index contributed by atoms with van der Waals surface area (Å²) in [6.07, 6.45) is 0. The fraction of sp³-hybridized carbons (Fsp3) is 0.167. The largest absolute Gasteiger partial charge is 0.322 e. The number of nitro groups is 1. The van der Waals surface area contributed by atoms with Crippen LogP contribution in [0.1, 0.15) is 28.5 Å². The summed E-state index contributed by atoms with van der Waals surface area (Å²) in [5, 5.41) is 15.6. The maximum atomic E-state index is 12.0. The number of non-ortho nitro benzene ring substituents is 1. The first-order chi connectivity index (χ1) is 9.88. The van der Waals surface area contributed by atoms with Crippen LogP contribution >= 0.6 is 22.9 Å². The molecular weight excluding hydrogens is 316 g/mol. The number of hydrogen-bond donors (Lipinski definition) is 2. The Morgan fingerprint density at radius 1 is 1.57 bits per heavy atom. The summed E-state index contributed by atoms with van der Waals surface area (Å²) in [5.74, 6) is -0.499. The van der Waals surface area contributed by atoms with E-state index in [0.717, 1.165) is 0 Å². The Morgan fingerprint density at radius 3 is 2.86 bits per heavy atom. The molecule has 1 amide bonds. The van der Waals surface area contributed by atoms with Crippen molar-refractivity contribution < 1.29 is 9.72 Å². The summed E-state index contributed by atoms with van der Waals surface area (Å²) < 4.78 is 0. The Bertz CT molecular complexity index is 702. The number of nitro benzene ring substituents is 1. The van der Waals surface area contributed by atoms with Crippen LogP contribution in [-0.2, 0) is 0 Å². The van der Waals surface area contributed by atoms with Crippen LogP contribution in [0.4, 0.5) is 11.4 Å². The molecule has 0 aliphatic rings. The molecule has 21 heavy (non-hydrogen) atoms. The molecule has 110 valence electrons. The number of amides is 1. The minimum absolute atomic E-state index is 0.159. The maximum Gasteiger partial charge on any atom is 0.275 e. The van der Waals surface area contributed by atoms with Gasteiger partial charge in [0.05, 0.1) is 21.7 Å². The lowest BCUT2D eigenvalue weighted by atomic mass is 10.2. The highest BCUT2D eigenvalue weighted by Gasteiger charge is 2.16. The summed E-state index contributed by atoms with van der Waals surface area (Å²) in [6.45, 7) is 1.76. The molecule has 0 saturated heterocycles. The van der Waals surface area contributed by atoms with Gasteiger partial charge in [0.2, 0.25) is 0 Å². The zero-order valence-corrected chi connectivity index (χ0v) is 12.4. The molecule has 0 aliphatic carbocycles. The lowest BCUT2D eigenvalue weighted by molar-refractivity contribution is -0.384.